The molecule has 1 aromatic carbocycles. The van der Waals surface area contributed by atoms with Crippen LogP contribution in [-0.2, 0) is 4.74 Å². The minimum atomic E-state index is -0.579. The fourth-order valence-corrected chi connectivity index (χ4v) is 3.01. The van der Waals surface area contributed by atoms with Gasteiger partial charge in [0.25, 0.3) is 5.69 Å². The number of nitrogens with one attached hydrogen (secondary N) is 1. The quantitative estimate of drug-likeness (QED) is 0.468. The minimum Gasteiger partial charge on any atom is -0.465 e. The van der Waals surface area contributed by atoms with Crippen molar-refractivity contribution < 1.29 is 14.5 Å². The number of carbonyl (C=O) groups is 1. The molecule has 1 saturated heterocycles. The van der Waals surface area contributed by atoms with Crippen LogP contribution in [0.15, 0.2) is 18.2 Å². The van der Waals surface area contributed by atoms with Gasteiger partial charge >= 0.3 is 5.97 Å². The van der Waals surface area contributed by atoms with Gasteiger partial charge in [0.15, 0.2) is 0 Å². The zero-order valence-electron chi connectivity index (χ0n) is 14.3. The molecule has 0 spiro atoms. The molecule has 0 amide bonds. The number of carbonyl (C=O) groups excluding carboxylic acids is 1. The summed E-state index contributed by atoms with van der Waals surface area (Å²) in [6.45, 7) is 6.15. The van der Waals surface area contributed by atoms with Crippen molar-refractivity contribution in [1.82, 2.24) is 4.90 Å². The van der Waals surface area contributed by atoms with Gasteiger partial charge in [0.2, 0.25) is 0 Å². The first kappa shape index (κ1) is 18.2. The zero-order chi connectivity index (χ0) is 17.5. The number of non-ortho nitro benzene ring substituents is 1. The molecule has 0 bridgehead atoms. The Hall–Kier alpha value is -2.15. The Labute approximate surface area is 142 Å². The van der Waals surface area contributed by atoms with E-state index in [1.165, 1.54) is 38.5 Å². The maximum Gasteiger partial charge on any atom is 0.340 e. The number of piperidine rings is 1. The Morgan fingerprint density at radius 1 is 1.38 bits per heavy atom. The van der Waals surface area contributed by atoms with Gasteiger partial charge in [-0.05, 0) is 37.9 Å². The van der Waals surface area contributed by atoms with E-state index in [4.69, 9.17) is 4.74 Å². The highest BCUT2D eigenvalue weighted by Gasteiger charge is 2.18. The van der Waals surface area contributed by atoms with Crippen LogP contribution in [0.1, 0.15) is 36.5 Å². The van der Waals surface area contributed by atoms with Gasteiger partial charge in [-0.15, -0.1) is 0 Å². The molecule has 1 N–H and O–H groups in total. The van der Waals surface area contributed by atoms with Crippen molar-refractivity contribution in [2.24, 2.45) is 5.92 Å². The molecule has 1 aliphatic heterocycles. The van der Waals surface area contributed by atoms with Gasteiger partial charge in [-0.3, -0.25) is 10.1 Å². The number of esters is 1. The third-order valence-corrected chi connectivity index (χ3v) is 4.28. The second kappa shape index (κ2) is 8.63. The number of anilines is 1. The first-order chi connectivity index (χ1) is 11.5. The molecular weight excluding hydrogens is 310 g/mol. The third-order valence-electron chi connectivity index (χ3n) is 4.28. The Morgan fingerprint density at radius 3 is 2.71 bits per heavy atom. The lowest BCUT2D eigenvalue weighted by Crippen LogP contribution is -2.35. The van der Waals surface area contributed by atoms with Crippen molar-refractivity contribution >= 4 is 17.3 Å². The van der Waals surface area contributed by atoms with Gasteiger partial charge in [-0.1, -0.05) is 13.3 Å². The van der Waals surface area contributed by atoms with Crippen molar-refractivity contribution in [2.45, 2.75) is 26.2 Å². The highest BCUT2D eigenvalue weighted by molar-refractivity contribution is 5.96. The summed E-state index contributed by atoms with van der Waals surface area (Å²) >= 11 is 0. The van der Waals surface area contributed by atoms with E-state index in [0.29, 0.717) is 18.2 Å². The van der Waals surface area contributed by atoms with E-state index >= 15 is 0 Å². The van der Waals surface area contributed by atoms with Crippen molar-refractivity contribution in [2.75, 3.05) is 38.6 Å². The summed E-state index contributed by atoms with van der Waals surface area (Å²) in [5, 5.41) is 14.1. The Kier molecular flexibility index (Phi) is 6.54. The van der Waals surface area contributed by atoms with E-state index in [2.05, 4.69) is 17.1 Å². The molecule has 0 radical (unpaired) electrons. The number of nitrogens with zero attached hydrogens (tertiary/aromatic N) is 2. The monoisotopic (exact) mass is 335 g/mol. The molecule has 24 heavy (non-hydrogen) atoms. The van der Waals surface area contributed by atoms with Crippen LogP contribution in [0.25, 0.3) is 0 Å². The number of rotatable bonds is 7. The standard InChI is InChI=1S/C17H25N3O4/c1-13(12-19-8-4-3-5-9-19)11-18-16-7-6-14(20(22)23)10-15(16)17(21)24-2/h6-7,10,13,18H,3-5,8-9,11-12H2,1-2H3/t13-/m1/s1. The van der Waals surface area contributed by atoms with Gasteiger partial charge < -0.3 is 15.0 Å². The molecule has 0 saturated carbocycles. The molecule has 1 heterocycles. The van der Waals surface area contributed by atoms with Gasteiger partial charge in [-0.25, -0.2) is 4.79 Å². The summed E-state index contributed by atoms with van der Waals surface area (Å²) in [4.78, 5) is 24.7. The van der Waals surface area contributed by atoms with Gasteiger partial charge in [0, 0.05) is 30.9 Å². The van der Waals surface area contributed by atoms with E-state index < -0.39 is 10.9 Å². The SMILES string of the molecule is COC(=O)c1cc([N+](=O)[O-])ccc1NC[C@@H](C)CN1CCCCC1. The molecule has 1 atom stereocenters. The number of nitro benzene ring substituents is 1. The molecule has 7 nitrogen and oxygen atoms in total. The van der Waals surface area contributed by atoms with E-state index in [9.17, 15) is 14.9 Å². The van der Waals surface area contributed by atoms with Crippen LogP contribution < -0.4 is 5.32 Å². The number of ether oxygens (including phenoxy) is 1. The summed E-state index contributed by atoms with van der Waals surface area (Å²) in [7, 11) is 1.27. The van der Waals surface area contributed by atoms with Crippen LogP contribution in [0.2, 0.25) is 0 Å². The average Bonchev–Trinajstić information content (AvgIpc) is 2.60. The van der Waals surface area contributed by atoms with E-state index in [0.717, 1.165) is 19.6 Å². The average molecular weight is 335 g/mol. The summed E-state index contributed by atoms with van der Waals surface area (Å²) < 4.78 is 4.73. The highest BCUT2D eigenvalue weighted by atomic mass is 16.6. The number of nitro groups is 1. The van der Waals surface area contributed by atoms with E-state index in [-0.39, 0.29) is 11.3 Å². The van der Waals surface area contributed by atoms with Crippen LogP contribution in [0.5, 0.6) is 0 Å². The lowest BCUT2D eigenvalue weighted by molar-refractivity contribution is -0.384. The number of hydrogen-bond donors (Lipinski definition) is 1. The van der Waals surface area contributed by atoms with E-state index in [1.54, 1.807) is 6.07 Å². The number of hydrogen-bond acceptors (Lipinski definition) is 6. The first-order valence-electron chi connectivity index (χ1n) is 8.34. The third kappa shape index (κ3) is 4.92. The van der Waals surface area contributed by atoms with Gasteiger partial charge in [-0.2, -0.15) is 0 Å². The molecule has 0 aromatic heterocycles. The van der Waals surface area contributed by atoms with Crippen molar-refractivity contribution in [3.63, 3.8) is 0 Å². The van der Waals surface area contributed by atoms with Crippen LogP contribution >= 0.6 is 0 Å². The molecule has 7 heteroatoms. The van der Waals surface area contributed by atoms with Crippen LogP contribution in [0, 0.1) is 16.0 Å². The van der Waals surface area contributed by atoms with Crippen LogP contribution in [0.4, 0.5) is 11.4 Å². The summed E-state index contributed by atoms with van der Waals surface area (Å²) in [5.41, 5.74) is 0.636. The van der Waals surface area contributed by atoms with E-state index in [1.807, 2.05) is 0 Å². The van der Waals surface area contributed by atoms with Gasteiger partial charge in [0.1, 0.15) is 0 Å². The van der Waals surface area contributed by atoms with Crippen molar-refractivity contribution in [3.05, 3.63) is 33.9 Å². The van der Waals surface area contributed by atoms with Crippen LogP contribution in [-0.4, -0.2) is 49.1 Å². The number of benzene rings is 1. The van der Waals surface area contributed by atoms with Crippen molar-refractivity contribution in [1.29, 1.82) is 0 Å². The highest BCUT2D eigenvalue weighted by Crippen LogP contribution is 2.23. The molecule has 0 unspecified atom stereocenters. The minimum absolute atomic E-state index is 0.123. The van der Waals surface area contributed by atoms with Gasteiger partial charge in [0.05, 0.1) is 17.6 Å². The predicted molar refractivity (Wildman–Crippen MR) is 92.4 cm³/mol. The lowest BCUT2D eigenvalue weighted by atomic mass is 10.1. The Balaban J connectivity index is 1.99. The fraction of sp³-hybridized carbons (Fsp3) is 0.588. The summed E-state index contributed by atoms with van der Waals surface area (Å²) in [5.74, 6) is -0.173. The predicted octanol–water partition coefficient (Wildman–Crippen LogP) is 2.92. The molecule has 1 fully saturated rings. The fourth-order valence-electron chi connectivity index (χ4n) is 3.01. The molecule has 2 rings (SSSR count). The zero-order valence-corrected chi connectivity index (χ0v) is 14.3. The number of methoxy groups -OCH3 is 1. The topological polar surface area (TPSA) is 84.7 Å². The summed E-state index contributed by atoms with van der Waals surface area (Å²) in [6, 6.07) is 4.21. The summed E-state index contributed by atoms with van der Waals surface area (Å²) in [6.07, 6.45) is 3.83. The molecule has 1 aliphatic rings. The first-order valence-corrected chi connectivity index (χ1v) is 8.34. The van der Waals surface area contributed by atoms with Crippen LogP contribution in [0.3, 0.4) is 0 Å². The smallest absolute Gasteiger partial charge is 0.340 e. The maximum atomic E-state index is 11.9. The molecule has 1 aromatic rings. The second-order valence-corrected chi connectivity index (χ2v) is 6.33. The maximum absolute atomic E-state index is 11.9. The normalized spacial score (nSPS) is 16.4. The largest absolute Gasteiger partial charge is 0.465 e. The molecule has 0 aliphatic carbocycles. The number of likely N-dealkylation sites (tertiary alicyclic amines) is 1. The lowest BCUT2D eigenvalue weighted by Gasteiger charge is -2.29. The molecular formula is C17H25N3O4. The Morgan fingerprint density at radius 2 is 2.08 bits per heavy atom. The second-order valence-electron chi connectivity index (χ2n) is 6.33. The Bertz CT molecular complexity index is 585. The van der Waals surface area contributed by atoms with Crippen molar-refractivity contribution in [3.8, 4) is 0 Å². The molecule has 132 valence electrons.